The SMILES string of the molecule is CCOc1nc(C2CC(C)(C)C(C)(C)C2)ccc1C(=O)OC. The average molecular weight is 305 g/mol. The summed E-state index contributed by atoms with van der Waals surface area (Å²) < 4.78 is 10.3. The molecule has 0 bridgehead atoms. The summed E-state index contributed by atoms with van der Waals surface area (Å²) in [5.41, 5.74) is 1.94. The lowest BCUT2D eigenvalue weighted by Gasteiger charge is -2.34. The standard InChI is InChI=1S/C18H27NO3/c1-7-22-15-13(16(20)21-6)8-9-14(19-15)12-10-17(2,3)18(4,5)11-12/h8-9,12H,7,10-11H2,1-6H3. The third-order valence-electron chi connectivity index (χ3n) is 5.33. The van der Waals surface area contributed by atoms with Gasteiger partial charge >= 0.3 is 5.97 Å². The number of hydrogen-bond donors (Lipinski definition) is 0. The molecule has 0 radical (unpaired) electrons. The first-order valence-corrected chi connectivity index (χ1v) is 7.94. The van der Waals surface area contributed by atoms with Crippen LogP contribution in [0.5, 0.6) is 5.88 Å². The van der Waals surface area contributed by atoms with Crippen LogP contribution in [0.2, 0.25) is 0 Å². The van der Waals surface area contributed by atoms with Crippen molar-refractivity contribution in [1.82, 2.24) is 4.98 Å². The molecule has 1 saturated carbocycles. The van der Waals surface area contributed by atoms with Gasteiger partial charge in [0.2, 0.25) is 5.88 Å². The Balaban J connectivity index is 2.34. The molecule has 1 aliphatic rings. The Kier molecular flexibility index (Phi) is 4.50. The summed E-state index contributed by atoms with van der Waals surface area (Å²) in [6.07, 6.45) is 2.19. The van der Waals surface area contributed by atoms with Gasteiger partial charge in [-0.1, -0.05) is 27.7 Å². The summed E-state index contributed by atoms with van der Waals surface area (Å²) in [5, 5.41) is 0. The van der Waals surface area contributed by atoms with E-state index in [1.54, 1.807) is 6.07 Å². The third-order valence-corrected chi connectivity index (χ3v) is 5.33. The van der Waals surface area contributed by atoms with Crippen molar-refractivity contribution in [2.24, 2.45) is 10.8 Å². The van der Waals surface area contributed by atoms with Gasteiger partial charge < -0.3 is 9.47 Å². The summed E-state index contributed by atoms with van der Waals surface area (Å²) in [6, 6.07) is 3.72. The van der Waals surface area contributed by atoms with Crippen LogP contribution < -0.4 is 4.74 Å². The van der Waals surface area contributed by atoms with E-state index in [1.807, 2.05) is 13.0 Å². The van der Waals surface area contributed by atoms with E-state index in [-0.39, 0.29) is 10.8 Å². The van der Waals surface area contributed by atoms with Crippen molar-refractivity contribution in [3.05, 3.63) is 23.4 Å². The zero-order valence-electron chi connectivity index (χ0n) is 14.5. The molecule has 1 aromatic rings. The number of hydrogen-bond acceptors (Lipinski definition) is 4. The van der Waals surface area contributed by atoms with Gasteiger partial charge in [0.15, 0.2) is 0 Å². The minimum Gasteiger partial charge on any atom is -0.477 e. The van der Waals surface area contributed by atoms with Crippen molar-refractivity contribution in [3.63, 3.8) is 0 Å². The second-order valence-electron chi connectivity index (χ2n) is 7.39. The molecule has 0 aliphatic heterocycles. The van der Waals surface area contributed by atoms with E-state index in [0.717, 1.165) is 18.5 Å². The van der Waals surface area contributed by atoms with Gasteiger partial charge in [-0.05, 0) is 42.7 Å². The Bertz CT molecular complexity index is 547. The van der Waals surface area contributed by atoms with E-state index in [2.05, 4.69) is 32.7 Å². The summed E-state index contributed by atoms with van der Waals surface area (Å²) in [7, 11) is 1.37. The van der Waals surface area contributed by atoms with E-state index in [9.17, 15) is 4.79 Å². The van der Waals surface area contributed by atoms with Crippen molar-refractivity contribution < 1.29 is 14.3 Å². The fraction of sp³-hybridized carbons (Fsp3) is 0.667. The van der Waals surface area contributed by atoms with Gasteiger partial charge in [0.1, 0.15) is 5.56 Å². The van der Waals surface area contributed by atoms with Gasteiger partial charge in [0.25, 0.3) is 0 Å². The molecule has 22 heavy (non-hydrogen) atoms. The van der Waals surface area contributed by atoms with E-state index < -0.39 is 5.97 Å². The molecular weight excluding hydrogens is 278 g/mol. The van der Waals surface area contributed by atoms with Crippen LogP contribution >= 0.6 is 0 Å². The predicted molar refractivity (Wildman–Crippen MR) is 86.3 cm³/mol. The zero-order valence-corrected chi connectivity index (χ0v) is 14.5. The number of aromatic nitrogens is 1. The minimum absolute atomic E-state index is 0.270. The molecule has 0 unspecified atom stereocenters. The first-order valence-electron chi connectivity index (χ1n) is 7.94. The number of carbonyl (C=O) groups is 1. The lowest BCUT2D eigenvalue weighted by molar-refractivity contribution is 0.0595. The molecule has 1 fully saturated rings. The summed E-state index contributed by atoms with van der Waals surface area (Å²) in [5.74, 6) is 0.375. The highest BCUT2D eigenvalue weighted by Crippen LogP contribution is 2.57. The quantitative estimate of drug-likeness (QED) is 0.782. The van der Waals surface area contributed by atoms with Crippen LogP contribution in [0.25, 0.3) is 0 Å². The number of methoxy groups -OCH3 is 1. The lowest BCUT2D eigenvalue weighted by atomic mass is 9.71. The Labute approximate surface area is 133 Å². The van der Waals surface area contributed by atoms with Crippen molar-refractivity contribution in [1.29, 1.82) is 0 Å². The molecule has 1 aliphatic carbocycles. The molecular formula is C18H27NO3. The number of carbonyl (C=O) groups excluding carboxylic acids is 1. The molecule has 0 saturated heterocycles. The summed E-state index contributed by atoms with van der Waals surface area (Å²) >= 11 is 0. The monoisotopic (exact) mass is 305 g/mol. The molecule has 0 aromatic carbocycles. The molecule has 4 nitrogen and oxygen atoms in total. The van der Waals surface area contributed by atoms with Crippen molar-refractivity contribution in [3.8, 4) is 5.88 Å². The van der Waals surface area contributed by atoms with Crippen LogP contribution in [0.3, 0.4) is 0 Å². The Hall–Kier alpha value is -1.58. The molecule has 1 aromatic heterocycles. The van der Waals surface area contributed by atoms with Crippen LogP contribution in [0.1, 0.15) is 69.4 Å². The van der Waals surface area contributed by atoms with Gasteiger partial charge in [-0.25, -0.2) is 9.78 Å². The molecule has 4 heteroatoms. The second kappa shape index (κ2) is 5.90. The number of ether oxygens (including phenoxy) is 2. The highest BCUT2D eigenvalue weighted by molar-refractivity contribution is 5.91. The van der Waals surface area contributed by atoms with Gasteiger partial charge in [-0.15, -0.1) is 0 Å². The second-order valence-corrected chi connectivity index (χ2v) is 7.39. The smallest absolute Gasteiger partial charge is 0.343 e. The van der Waals surface area contributed by atoms with Gasteiger partial charge in [-0.3, -0.25) is 0 Å². The molecule has 2 rings (SSSR count). The fourth-order valence-electron chi connectivity index (χ4n) is 3.26. The van der Waals surface area contributed by atoms with Crippen molar-refractivity contribution >= 4 is 5.97 Å². The normalized spacial score (nSPS) is 19.9. The Morgan fingerprint density at radius 3 is 2.32 bits per heavy atom. The van der Waals surface area contributed by atoms with Crippen molar-refractivity contribution in [2.75, 3.05) is 13.7 Å². The summed E-state index contributed by atoms with van der Waals surface area (Å²) in [4.78, 5) is 16.4. The molecule has 0 amide bonds. The number of pyridine rings is 1. The van der Waals surface area contributed by atoms with Crippen LogP contribution in [0, 0.1) is 10.8 Å². The predicted octanol–water partition coefficient (Wildman–Crippen LogP) is 4.20. The first-order chi connectivity index (χ1) is 10.2. The van der Waals surface area contributed by atoms with Crippen LogP contribution in [-0.2, 0) is 4.74 Å². The number of nitrogens with zero attached hydrogens (tertiary/aromatic N) is 1. The van der Waals surface area contributed by atoms with Crippen LogP contribution in [0.15, 0.2) is 12.1 Å². The van der Waals surface area contributed by atoms with E-state index in [4.69, 9.17) is 9.47 Å². The average Bonchev–Trinajstić information content (AvgIpc) is 2.67. The Morgan fingerprint density at radius 2 is 1.82 bits per heavy atom. The molecule has 1 heterocycles. The van der Waals surface area contributed by atoms with Gasteiger partial charge in [0.05, 0.1) is 13.7 Å². The van der Waals surface area contributed by atoms with E-state index >= 15 is 0 Å². The van der Waals surface area contributed by atoms with Gasteiger partial charge in [0, 0.05) is 11.6 Å². The highest BCUT2D eigenvalue weighted by Gasteiger charge is 2.47. The largest absolute Gasteiger partial charge is 0.477 e. The summed E-state index contributed by atoms with van der Waals surface area (Å²) in [6.45, 7) is 11.6. The Morgan fingerprint density at radius 1 is 1.23 bits per heavy atom. The molecule has 0 atom stereocenters. The molecule has 0 N–H and O–H groups in total. The third kappa shape index (κ3) is 2.96. The maximum atomic E-state index is 11.8. The first kappa shape index (κ1) is 16.8. The fourth-order valence-corrected chi connectivity index (χ4v) is 3.26. The zero-order chi connectivity index (χ0) is 16.5. The molecule has 122 valence electrons. The van der Waals surface area contributed by atoms with E-state index in [1.165, 1.54) is 7.11 Å². The topological polar surface area (TPSA) is 48.4 Å². The van der Waals surface area contributed by atoms with E-state index in [0.29, 0.717) is 24.0 Å². The number of esters is 1. The van der Waals surface area contributed by atoms with Crippen LogP contribution in [-0.4, -0.2) is 24.7 Å². The maximum Gasteiger partial charge on any atom is 0.343 e. The highest BCUT2D eigenvalue weighted by atomic mass is 16.5. The lowest BCUT2D eigenvalue weighted by Crippen LogP contribution is -2.25. The number of rotatable bonds is 4. The van der Waals surface area contributed by atoms with Crippen LogP contribution in [0.4, 0.5) is 0 Å². The minimum atomic E-state index is -0.408. The van der Waals surface area contributed by atoms with Gasteiger partial charge in [-0.2, -0.15) is 0 Å². The maximum absolute atomic E-state index is 11.8. The van der Waals surface area contributed by atoms with Crippen molar-refractivity contribution in [2.45, 2.75) is 53.4 Å². The molecule has 0 spiro atoms.